The molecule has 0 saturated carbocycles. The van der Waals surface area contributed by atoms with Gasteiger partial charge in [-0.2, -0.15) is 0 Å². The number of sulfonamides is 1. The number of nitro benzene ring substituents is 1. The minimum Gasteiger partial charge on any atom is -0.481 e. The van der Waals surface area contributed by atoms with Gasteiger partial charge in [-0.25, -0.2) is 37.3 Å². The zero-order valence-corrected chi connectivity index (χ0v) is 24.1. The number of aliphatic carboxylic acids is 3. The maximum absolute atomic E-state index is 13.5. The van der Waals surface area contributed by atoms with Crippen molar-refractivity contribution in [1.29, 1.82) is 0 Å². The molecule has 0 radical (unpaired) electrons. The summed E-state index contributed by atoms with van der Waals surface area (Å²) >= 11 is 0. The van der Waals surface area contributed by atoms with Gasteiger partial charge in [0.05, 0.1) is 9.82 Å². The summed E-state index contributed by atoms with van der Waals surface area (Å²) in [5.74, 6) is -7.05. The molecule has 1 fully saturated rings. The van der Waals surface area contributed by atoms with E-state index in [1.165, 1.54) is 13.8 Å². The Hall–Kier alpha value is -4.45. The lowest BCUT2D eigenvalue weighted by Crippen LogP contribution is -2.70. The van der Waals surface area contributed by atoms with Crippen LogP contribution >= 0.6 is 0 Å². The summed E-state index contributed by atoms with van der Waals surface area (Å²) in [5.41, 5.74) is -2.29. The number of amides is 4. The lowest BCUT2D eigenvalue weighted by molar-refractivity contribution is -0.384. The smallest absolute Gasteiger partial charge is 0.335 e. The second kappa shape index (κ2) is 14.1. The van der Waals surface area contributed by atoms with Crippen LogP contribution in [0.3, 0.4) is 0 Å². The van der Waals surface area contributed by atoms with E-state index in [9.17, 15) is 57.5 Å². The fourth-order valence-corrected chi connectivity index (χ4v) is 5.81. The second-order valence-corrected chi connectivity index (χ2v) is 11.5. The van der Waals surface area contributed by atoms with Gasteiger partial charge >= 0.3 is 23.9 Å². The van der Waals surface area contributed by atoms with E-state index < -0.39 is 81.0 Å². The summed E-state index contributed by atoms with van der Waals surface area (Å²) in [6.07, 6.45) is -2.22. The van der Waals surface area contributed by atoms with E-state index in [4.69, 9.17) is 5.11 Å². The normalized spacial score (nSPS) is 16.6. The molecule has 1 saturated heterocycles. The topological polar surface area (TPSA) is 259 Å². The van der Waals surface area contributed by atoms with Crippen LogP contribution in [0, 0.1) is 15.5 Å². The van der Waals surface area contributed by atoms with Crippen molar-refractivity contribution in [2.24, 2.45) is 5.41 Å². The SMILES string of the molecule is CCC1(CC)C(=O)N(C(CCC(=O)O)C(=O)O)C(=O)N([C@@H](CCCCNS(=O)(=O)c2ccc([N+](=O)[O-])cc2)C(=O)O)C1=O. The third-order valence-electron chi connectivity index (χ3n) is 7.26. The van der Waals surface area contributed by atoms with Crippen LogP contribution in [0.2, 0.25) is 0 Å². The molecule has 1 aromatic rings. The minimum absolute atomic E-state index is 0.0257. The number of benzene rings is 1. The first kappa shape index (κ1) is 34.7. The molecule has 4 N–H and O–H groups in total. The number of imide groups is 2. The molecule has 4 amide bonds. The van der Waals surface area contributed by atoms with Crippen LogP contribution in [-0.4, -0.2) is 92.8 Å². The first-order chi connectivity index (χ1) is 20.0. The largest absolute Gasteiger partial charge is 0.481 e. The van der Waals surface area contributed by atoms with Crippen LogP contribution in [0.5, 0.6) is 0 Å². The number of hydrogen-bond acceptors (Lipinski definition) is 10. The summed E-state index contributed by atoms with van der Waals surface area (Å²) in [7, 11) is -4.07. The first-order valence-electron chi connectivity index (χ1n) is 13.2. The third-order valence-corrected chi connectivity index (χ3v) is 8.73. The lowest BCUT2D eigenvalue weighted by atomic mass is 9.77. The molecule has 0 bridgehead atoms. The maximum Gasteiger partial charge on any atom is 0.335 e. The summed E-state index contributed by atoms with van der Waals surface area (Å²) in [6.45, 7) is 2.67. The van der Waals surface area contributed by atoms with Gasteiger partial charge in [0.1, 0.15) is 17.5 Å². The minimum atomic E-state index is -4.07. The Kier molecular flexibility index (Phi) is 11.4. The Morgan fingerprint density at radius 3 is 1.81 bits per heavy atom. The molecule has 2 atom stereocenters. The van der Waals surface area contributed by atoms with E-state index >= 15 is 0 Å². The quantitative estimate of drug-likeness (QED) is 0.0824. The maximum atomic E-state index is 13.5. The highest BCUT2D eigenvalue weighted by molar-refractivity contribution is 7.89. The molecule has 0 spiro atoms. The number of carbonyl (C=O) groups is 6. The molecule has 2 rings (SSSR count). The van der Waals surface area contributed by atoms with Gasteiger partial charge in [-0.15, -0.1) is 0 Å². The van der Waals surface area contributed by atoms with Crippen molar-refractivity contribution < 1.29 is 57.4 Å². The highest BCUT2D eigenvalue weighted by atomic mass is 32.2. The van der Waals surface area contributed by atoms with Crippen LogP contribution in [0.15, 0.2) is 29.2 Å². The molecule has 1 aromatic carbocycles. The molecule has 236 valence electrons. The number of nitrogens with one attached hydrogen (secondary N) is 1. The van der Waals surface area contributed by atoms with Crippen LogP contribution in [0.1, 0.15) is 58.8 Å². The zero-order valence-electron chi connectivity index (χ0n) is 23.3. The van der Waals surface area contributed by atoms with E-state index in [1.54, 1.807) is 0 Å². The number of rotatable bonds is 17. The molecule has 43 heavy (non-hydrogen) atoms. The van der Waals surface area contributed by atoms with Gasteiger partial charge in [0.2, 0.25) is 21.8 Å². The van der Waals surface area contributed by atoms with Crippen molar-refractivity contribution in [3.8, 4) is 0 Å². The molecule has 1 aliphatic heterocycles. The predicted molar refractivity (Wildman–Crippen MR) is 144 cm³/mol. The van der Waals surface area contributed by atoms with Gasteiger partial charge in [0, 0.05) is 25.1 Å². The number of urea groups is 1. The number of nitrogens with zero attached hydrogens (tertiary/aromatic N) is 3. The second-order valence-electron chi connectivity index (χ2n) is 9.71. The van der Waals surface area contributed by atoms with E-state index in [1.807, 2.05) is 0 Å². The van der Waals surface area contributed by atoms with E-state index in [0.717, 1.165) is 24.3 Å². The molecule has 0 aliphatic carbocycles. The lowest BCUT2D eigenvalue weighted by Gasteiger charge is -2.46. The Labute approximate surface area is 245 Å². The van der Waals surface area contributed by atoms with Gasteiger partial charge in [0.15, 0.2) is 0 Å². The summed E-state index contributed by atoms with van der Waals surface area (Å²) in [5, 5.41) is 39.5. The first-order valence-corrected chi connectivity index (χ1v) is 14.7. The molecular weight excluding hydrogens is 596 g/mol. The Morgan fingerprint density at radius 1 is 0.907 bits per heavy atom. The Balaban J connectivity index is 2.26. The summed E-state index contributed by atoms with van der Waals surface area (Å²) < 4.78 is 27.2. The number of non-ortho nitro benzene ring substituents is 1. The molecule has 1 heterocycles. The summed E-state index contributed by atoms with van der Waals surface area (Å²) in [6, 6.07) is -1.24. The number of unbranched alkanes of at least 4 members (excludes halogenated alkanes) is 1. The van der Waals surface area contributed by atoms with Crippen molar-refractivity contribution in [3.63, 3.8) is 0 Å². The van der Waals surface area contributed by atoms with Crippen molar-refractivity contribution >= 4 is 51.5 Å². The zero-order chi connectivity index (χ0) is 32.7. The molecule has 18 heteroatoms. The van der Waals surface area contributed by atoms with Gasteiger partial charge in [-0.3, -0.25) is 24.5 Å². The van der Waals surface area contributed by atoms with E-state index in [2.05, 4.69) is 4.72 Å². The number of carboxylic acids is 3. The van der Waals surface area contributed by atoms with Crippen LogP contribution in [0.4, 0.5) is 10.5 Å². The highest BCUT2D eigenvalue weighted by Crippen LogP contribution is 2.39. The number of hydrogen-bond donors (Lipinski definition) is 4. The highest BCUT2D eigenvalue weighted by Gasteiger charge is 2.59. The van der Waals surface area contributed by atoms with Crippen molar-refractivity contribution in [3.05, 3.63) is 34.4 Å². The molecule has 17 nitrogen and oxygen atoms in total. The third kappa shape index (κ3) is 7.50. The van der Waals surface area contributed by atoms with Crippen molar-refractivity contribution in [1.82, 2.24) is 14.5 Å². The van der Waals surface area contributed by atoms with Crippen LogP contribution < -0.4 is 4.72 Å². The molecule has 1 aliphatic rings. The number of barbiturate groups is 1. The van der Waals surface area contributed by atoms with Crippen LogP contribution in [0.25, 0.3) is 0 Å². The average molecular weight is 629 g/mol. The van der Waals surface area contributed by atoms with E-state index in [-0.39, 0.29) is 54.1 Å². The van der Waals surface area contributed by atoms with Gasteiger partial charge in [-0.1, -0.05) is 13.8 Å². The monoisotopic (exact) mass is 628 g/mol. The van der Waals surface area contributed by atoms with Crippen LogP contribution in [-0.2, 0) is 34.0 Å². The number of nitro groups is 1. The van der Waals surface area contributed by atoms with Crippen molar-refractivity contribution in [2.45, 2.75) is 75.8 Å². The molecule has 1 unspecified atom stereocenters. The van der Waals surface area contributed by atoms with Gasteiger partial charge in [-0.05, 0) is 50.7 Å². The van der Waals surface area contributed by atoms with E-state index in [0.29, 0.717) is 4.90 Å². The number of carboxylic acid groups (broad SMARTS) is 3. The fraction of sp³-hybridized carbons (Fsp3) is 0.520. The Bertz CT molecular complexity index is 1390. The van der Waals surface area contributed by atoms with Crippen molar-refractivity contribution in [2.75, 3.05) is 6.54 Å². The van der Waals surface area contributed by atoms with Gasteiger partial charge < -0.3 is 15.3 Å². The number of carbonyl (C=O) groups excluding carboxylic acids is 3. The standard InChI is InChI=1S/C25H32N4O13S/c1-3-25(4-2)22(36)27(24(38)28(23(25)37)18(21(34)35)12-13-19(30)31)17(20(32)33)7-5-6-14-26-43(41,42)16-10-8-15(9-11-16)29(39)40/h8-11,17-18,26H,3-7,12-14H2,1-2H3,(H,30,31)(H,32,33)(H,34,35)/t17-,18?/m0/s1. The fourth-order valence-electron chi connectivity index (χ4n) is 4.73. The molecular formula is C25H32N4O13S. The Morgan fingerprint density at radius 2 is 1.40 bits per heavy atom. The van der Waals surface area contributed by atoms with Gasteiger partial charge in [0.25, 0.3) is 5.69 Å². The predicted octanol–water partition coefficient (Wildman–Crippen LogP) is 1.41. The summed E-state index contributed by atoms with van der Waals surface area (Å²) in [4.78, 5) is 86.2. The average Bonchev–Trinajstić information content (AvgIpc) is 2.93. The molecule has 0 aromatic heterocycles.